The molecule has 0 aliphatic heterocycles. The van der Waals surface area contributed by atoms with Gasteiger partial charge in [0.1, 0.15) is 5.75 Å². The molecule has 3 rings (SSSR count). The number of carbonyl (C=O) groups excluding carboxylic acids is 1. The lowest BCUT2D eigenvalue weighted by molar-refractivity contribution is -0.132. The van der Waals surface area contributed by atoms with E-state index in [1.54, 1.807) is 12.1 Å². The highest BCUT2D eigenvalue weighted by atomic mass is 16.5. The number of rotatable bonds is 6. The Hall–Kier alpha value is -3.44. The number of oxime groups is 1. The summed E-state index contributed by atoms with van der Waals surface area (Å²) in [6.07, 6.45) is 1.51. The second kappa shape index (κ2) is 8.29. The Labute approximate surface area is 157 Å². The van der Waals surface area contributed by atoms with E-state index in [1.165, 1.54) is 6.21 Å². The highest BCUT2D eigenvalue weighted by molar-refractivity contribution is 5.84. The molecule has 3 aromatic rings. The van der Waals surface area contributed by atoms with Crippen LogP contribution in [-0.4, -0.2) is 23.9 Å². The van der Waals surface area contributed by atoms with Crippen LogP contribution in [0.4, 0.5) is 0 Å². The smallest absolute Gasteiger partial charge is 0.325 e. The summed E-state index contributed by atoms with van der Waals surface area (Å²) in [6, 6.07) is 26.7. The fraction of sp³-hybridized carbons (Fsp3) is 0.0909. The SMILES string of the molecule is NCC(=O)Oc1ccc(C(C=NO)(c2ccccc2)c2ccccc2)cc1. The first-order chi connectivity index (χ1) is 13.2. The van der Waals surface area contributed by atoms with Crippen molar-refractivity contribution in [3.8, 4) is 5.75 Å². The molecule has 136 valence electrons. The van der Waals surface area contributed by atoms with Gasteiger partial charge in [0.25, 0.3) is 0 Å². The third-order valence-corrected chi connectivity index (χ3v) is 4.42. The van der Waals surface area contributed by atoms with Crippen LogP contribution in [0.5, 0.6) is 5.75 Å². The number of esters is 1. The van der Waals surface area contributed by atoms with Gasteiger partial charge in [0, 0.05) is 0 Å². The minimum atomic E-state index is -0.798. The Morgan fingerprint density at radius 3 is 1.81 bits per heavy atom. The maximum atomic E-state index is 11.4. The molecule has 3 N–H and O–H groups in total. The minimum absolute atomic E-state index is 0.184. The Bertz CT molecular complexity index is 868. The van der Waals surface area contributed by atoms with Crippen LogP contribution in [0.3, 0.4) is 0 Å². The van der Waals surface area contributed by atoms with Gasteiger partial charge < -0.3 is 15.7 Å². The van der Waals surface area contributed by atoms with E-state index in [1.807, 2.05) is 72.8 Å². The van der Waals surface area contributed by atoms with E-state index < -0.39 is 11.4 Å². The number of nitrogens with zero attached hydrogens (tertiary/aromatic N) is 1. The Morgan fingerprint density at radius 1 is 0.889 bits per heavy atom. The Kier molecular flexibility index (Phi) is 5.64. The topological polar surface area (TPSA) is 84.9 Å². The lowest BCUT2D eigenvalue weighted by Gasteiger charge is -2.31. The van der Waals surface area contributed by atoms with Crippen LogP contribution in [-0.2, 0) is 10.2 Å². The third-order valence-electron chi connectivity index (χ3n) is 4.42. The van der Waals surface area contributed by atoms with Crippen molar-refractivity contribution in [2.45, 2.75) is 5.41 Å². The molecule has 5 heteroatoms. The van der Waals surface area contributed by atoms with Crippen molar-refractivity contribution in [3.63, 3.8) is 0 Å². The monoisotopic (exact) mass is 360 g/mol. The van der Waals surface area contributed by atoms with E-state index in [9.17, 15) is 10.0 Å². The van der Waals surface area contributed by atoms with Crippen LogP contribution < -0.4 is 10.5 Å². The first-order valence-electron chi connectivity index (χ1n) is 8.51. The van der Waals surface area contributed by atoms with Crippen molar-refractivity contribution in [1.29, 1.82) is 0 Å². The van der Waals surface area contributed by atoms with Crippen molar-refractivity contribution in [2.75, 3.05) is 6.54 Å². The number of ether oxygens (including phenoxy) is 1. The van der Waals surface area contributed by atoms with Crippen LogP contribution in [0.15, 0.2) is 90.1 Å². The van der Waals surface area contributed by atoms with Crippen LogP contribution >= 0.6 is 0 Å². The fourth-order valence-corrected chi connectivity index (χ4v) is 3.17. The van der Waals surface area contributed by atoms with Gasteiger partial charge in [0.15, 0.2) is 0 Å². The molecule has 27 heavy (non-hydrogen) atoms. The van der Waals surface area contributed by atoms with Crippen molar-refractivity contribution < 1.29 is 14.7 Å². The average Bonchev–Trinajstić information content (AvgIpc) is 2.74. The number of hydrogen-bond donors (Lipinski definition) is 2. The largest absolute Gasteiger partial charge is 0.426 e. The summed E-state index contributed by atoms with van der Waals surface area (Å²) in [4.78, 5) is 11.4. The molecule has 0 aromatic heterocycles. The van der Waals surface area contributed by atoms with Gasteiger partial charge in [0.2, 0.25) is 0 Å². The Balaban J connectivity index is 2.17. The quantitative estimate of drug-likeness (QED) is 0.176. The molecule has 0 radical (unpaired) electrons. The molecule has 0 unspecified atom stereocenters. The van der Waals surface area contributed by atoms with Gasteiger partial charge in [-0.3, -0.25) is 4.79 Å². The van der Waals surface area contributed by atoms with Crippen molar-refractivity contribution >= 4 is 12.2 Å². The predicted octanol–water partition coefficient (Wildman–Crippen LogP) is 3.35. The summed E-state index contributed by atoms with van der Waals surface area (Å²) in [5, 5.41) is 12.9. The maximum Gasteiger partial charge on any atom is 0.325 e. The van der Waals surface area contributed by atoms with Gasteiger partial charge in [-0.1, -0.05) is 72.8 Å². The molecule has 0 heterocycles. The molecule has 0 aliphatic carbocycles. The molecule has 0 saturated heterocycles. The Morgan fingerprint density at radius 2 is 1.37 bits per heavy atom. The molecule has 0 amide bonds. The first-order valence-corrected chi connectivity index (χ1v) is 8.51. The van der Waals surface area contributed by atoms with E-state index in [2.05, 4.69) is 5.16 Å². The van der Waals surface area contributed by atoms with Gasteiger partial charge in [-0.2, -0.15) is 0 Å². The van der Waals surface area contributed by atoms with E-state index in [0.717, 1.165) is 16.7 Å². The molecule has 0 aliphatic rings. The number of hydrogen-bond acceptors (Lipinski definition) is 5. The standard InChI is InChI=1S/C22H20N2O3/c23-15-21(25)27-20-13-11-19(12-14-20)22(16-24-26,17-7-3-1-4-8-17)18-9-5-2-6-10-18/h1-14,16,26H,15,23H2. The van der Waals surface area contributed by atoms with Gasteiger partial charge in [-0.25, -0.2) is 0 Å². The molecule has 0 saturated carbocycles. The summed E-state index contributed by atoms with van der Waals surface area (Å²) in [6.45, 7) is -0.184. The fourth-order valence-electron chi connectivity index (χ4n) is 3.17. The molecule has 0 fully saturated rings. The second-order valence-corrected chi connectivity index (χ2v) is 5.99. The molecule has 3 aromatic carbocycles. The van der Waals surface area contributed by atoms with Crippen molar-refractivity contribution in [2.24, 2.45) is 10.9 Å². The molecule has 5 nitrogen and oxygen atoms in total. The molecule has 0 atom stereocenters. The zero-order valence-corrected chi connectivity index (χ0v) is 14.7. The highest BCUT2D eigenvalue weighted by Gasteiger charge is 2.35. The van der Waals surface area contributed by atoms with Crippen LogP contribution in [0.1, 0.15) is 16.7 Å². The molecular weight excluding hydrogens is 340 g/mol. The lowest BCUT2D eigenvalue weighted by atomic mass is 9.70. The van der Waals surface area contributed by atoms with E-state index in [4.69, 9.17) is 10.5 Å². The second-order valence-electron chi connectivity index (χ2n) is 5.99. The van der Waals surface area contributed by atoms with Gasteiger partial charge in [-0.15, -0.1) is 5.16 Å². The minimum Gasteiger partial charge on any atom is -0.426 e. The molecule has 0 bridgehead atoms. The number of carbonyl (C=O) groups is 1. The highest BCUT2D eigenvalue weighted by Crippen LogP contribution is 2.38. The molecule has 0 spiro atoms. The van der Waals surface area contributed by atoms with Gasteiger partial charge in [-0.05, 0) is 28.8 Å². The third kappa shape index (κ3) is 3.73. The van der Waals surface area contributed by atoms with E-state index in [0.29, 0.717) is 5.75 Å². The average molecular weight is 360 g/mol. The van der Waals surface area contributed by atoms with Crippen LogP contribution in [0.2, 0.25) is 0 Å². The number of nitrogens with two attached hydrogens (primary N) is 1. The van der Waals surface area contributed by atoms with Crippen LogP contribution in [0.25, 0.3) is 0 Å². The number of benzene rings is 3. The summed E-state index contributed by atoms with van der Waals surface area (Å²) in [5.74, 6) is -0.0952. The predicted molar refractivity (Wildman–Crippen MR) is 104 cm³/mol. The zero-order chi connectivity index (χ0) is 19.1. The van der Waals surface area contributed by atoms with E-state index in [-0.39, 0.29) is 6.54 Å². The summed E-state index contributed by atoms with van der Waals surface area (Å²) >= 11 is 0. The maximum absolute atomic E-state index is 11.4. The van der Waals surface area contributed by atoms with Crippen molar-refractivity contribution in [1.82, 2.24) is 0 Å². The first kappa shape index (κ1) is 18.4. The normalized spacial score (nSPS) is 11.4. The zero-order valence-electron chi connectivity index (χ0n) is 14.7. The summed E-state index contributed by atoms with van der Waals surface area (Å²) < 4.78 is 5.16. The summed E-state index contributed by atoms with van der Waals surface area (Å²) in [7, 11) is 0. The lowest BCUT2D eigenvalue weighted by Crippen LogP contribution is -2.31. The van der Waals surface area contributed by atoms with Gasteiger partial charge >= 0.3 is 5.97 Å². The van der Waals surface area contributed by atoms with Crippen LogP contribution in [0, 0.1) is 0 Å². The van der Waals surface area contributed by atoms with Crippen molar-refractivity contribution in [3.05, 3.63) is 102 Å². The molecular formula is C22H20N2O3. The van der Waals surface area contributed by atoms with E-state index >= 15 is 0 Å². The van der Waals surface area contributed by atoms with Gasteiger partial charge in [0.05, 0.1) is 18.2 Å². The summed E-state index contributed by atoms with van der Waals surface area (Å²) in [5.41, 5.74) is 7.25.